The van der Waals surface area contributed by atoms with E-state index in [4.69, 9.17) is 0 Å². The van der Waals surface area contributed by atoms with Crippen LogP contribution in [0.15, 0.2) is 12.2 Å². The summed E-state index contributed by atoms with van der Waals surface area (Å²) in [6.07, 6.45) is 22.3. The van der Waals surface area contributed by atoms with Crippen LogP contribution in [0.2, 0.25) is 0 Å². The quantitative estimate of drug-likeness (QED) is 0.200. The second-order valence-corrected chi connectivity index (χ2v) is 6.49. The molecule has 0 fully saturated rings. The Hall–Kier alpha value is -0.260. The molecule has 0 N–H and O–H groups in total. The van der Waals surface area contributed by atoms with E-state index < -0.39 is 0 Å². The number of unbranched alkanes of at least 4 members (excludes halogenated alkanes) is 12. The molecule has 0 bridgehead atoms. The average Bonchev–Trinajstić information content (AvgIpc) is 2.45. The van der Waals surface area contributed by atoms with E-state index in [9.17, 15) is 0 Å². The third kappa shape index (κ3) is 15.8. The molecule has 0 aromatic heterocycles. The summed E-state index contributed by atoms with van der Waals surface area (Å²) in [5, 5.41) is 0. The zero-order valence-corrected chi connectivity index (χ0v) is 14.5. The van der Waals surface area contributed by atoms with Gasteiger partial charge < -0.3 is 0 Å². The normalized spacial score (nSPS) is 10.9. The summed E-state index contributed by atoms with van der Waals surface area (Å²) in [4.78, 5) is 0. The molecule has 0 spiro atoms. The Bertz CT molecular complexity index is 192. The molecule has 120 valence electrons. The van der Waals surface area contributed by atoms with Gasteiger partial charge in [-0.05, 0) is 25.7 Å². The van der Waals surface area contributed by atoms with Gasteiger partial charge in [-0.2, -0.15) is 0 Å². The molecule has 0 saturated heterocycles. The summed E-state index contributed by atoms with van der Waals surface area (Å²) < 4.78 is 0. The van der Waals surface area contributed by atoms with Crippen LogP contribution >= 0.6 is 0 Å². The molecule has 0 nitrogen and oxygen atoms in total. The summed E-state index contributed by atoms with van der Waals surface area (Å²) in [6.45, 7) is 8.82. The van der Waals surface area contributed by atoms with Crippen molar-refractivity contribution >= 4 is 0 Å². The predicted molar refractivity (Wildman–Crippen MR) is 94.4 cm³/mol. The summed E-state index contributed by atoms with van der Waals surface area (Å²) in [5.74, 6) is 0. The molecular formula is C20H40. The van der Waals surface area contributed by atoms with Crippen LogP contribution in [-0.4, -0.2) is 0 Å². The van der Waals surface area contributed by atoms with Gasteiger partial charge in [0.1, 0.15) is 0 Å². The number of rotatable bonds is 16. The van der Waals surface area contributed by atoms with Crippen molar-refractivity contribution in [3.8, 4) is 0 Å². The van der Waals surface area contributed by atoms with Crippen LogP contribution in [-0.2, 0) is 0 Å². The van der Waals surface area contributed by atoms with Crippen molar-refractivity contribution in [1.29, 1.82) is 0 Å². The van der Waals surface area contributed by atoms with Crippen LogP contribution in [0.1, 0.15) is 117 Å². The Kier molecular flexibility index (Phi) is 16.6. The van der Waals surface area contributed by atoms with Gasteiger partial charge in [0.2, 0.25) is 0 Å². The summed E-state index contributed by atoms with van der Waals surface area (Å²) in [5.41, 5.74) is 1.51. The van der Waals surface area contributed by atoms with Crippen molar-refractivity contribution in [2.24, 2.45) is 0 Å². The van der Waals surface area contributed by atoms with E-state index in [0.29, 0.717) is 0 Å². The fraction of sp³-hybridized carbons (Fsp3) is 0.900. The molecule has 0 unspecified atom stereocenters. The highest BCUT2D eigenvalue weighted by atomic mass is 14.0. The predicted octanol–water partition coefficient (Wildman–Crippen LogP) is 7.82. The fourth-order valence-electron chi connectivity index (χ4n) is 2.79. The molecule has 0 aromatic rings. The van der Waals surface area contributed by atoms with Crippen molar-refractivity contribution in [3.05, 3.63) is 12.2 Å². The van der Waals surface area contributed by atoms with E-state index in [2.05, 4.69) is 20.4 Å². The van der Waals surface area contributed by atoms with Crippen molar-refractivity contribution < 1.29 is 0 Å². The molecule has 0 aliphatic rings. The first-order valence-electron chi connectivity index (χ1n) is 9.47. The van der Waals surface area contributed by atoms with Gasteiger partial charge >= 0.3 is 0 Å². The van der Waals surface area contributed by atoms with Crippen LogP contribution in [0.5, 0.6) is 0 Å². The van der Waals surface area contributed by atoms with Crippen LogP contribution in [0.4, 0.5) is 0 Å². The lowest BCUT2D eigenvalue weighted by atomic mass is 10.0. The minimum atomic E-state index is 1.28. The van der Waals surface area contributed by atoms with Gasteiger partial charge in [-0.15, -0.1) is 0 Å². The van der Waals surface area contributed by atoms with Gasteiger partial charge in [-0.3, -0.25) is 0 Å². The molecule has 0 atom stereocenters. The lowest BCUT2D eigenvalue weighted by Gasteiger charge is -2.06. The van der Waals surface area contributed by atoms with Crippen LogP contribution in [0.25, 0.3) is 0 Å². The number of hydrogen-bond acceptors (Lipinski definition) is 0. The highest BCUT2D eigenvalue weighted by molar-refractivity contribution is 4.93. The molecule has 0 rings (SSSR count). The summed E-state index contributed by atoms with van der Waals surface area (Å²) >= 11 is 0. The molecule has 0 radical (unpaired) electrons. The third-order valence-electron chi connectivity index (χ3n) is 4.27. The van der Waals surface area contributed by atoms with Crippen molar-refractivity contribution in [2.75, 3.05) is 0 Å². The number of hydrogen-bond donors (Lipinski definition) is 0. The Morgan fingerprint density at radius 3 is 1.15 bits per heavy atom. The third-order valence-corrected chi connectivity index (χ3v) is 4.27. The Balaban J connectivity index is 3.12. The molecule has 0 aromatic carbocycles. The van der Waals surface area contributed by atoms with Gasteiger partial charge in [0, 0.05) is 0 Å². The van der Waals surface area contributed by atoms with E-state index >= 15 is 0 Å². The molecule has 0 aliphatic heterocycles. The topological polar surface area (TPSA) is 0 Å². The Morgan fingerprint density at radius 2 is 0.800 bits per heavy atom. The van der Waals surface area contributed by atoms with Crippen LogP contribution < -0.4 is 0 Å². The maximum Gasteiger partial charge on any atom is -0.0323 e. The van der Waals surface area contributed by atoms with Crippen LogP contribution in [0.3, 0.4) is 0 Å². The zero-order valence-electron chi connectivity index (χ0n) is 14.5. The smallest absolute Gasteiger partial charge is 0.0323 e. The molecule has 0 saturated carbocycles. The lowest BCUT2D eigenvalue weighted by Crippen LogP contribution is -1.86. The minimum Gasteiger partial charge on any atom is -0.0999 e. The zero-order chi connectivity index (χ0) is 14.9. The maximum absolute atomic E-state index is 4.25. The van der Waals surface area contributed by atoms with E-state index in [1.165, 1.54) is 108 Å². The summed E-state index contributed by atoms with van der Waals surface area (Å²) in [6, 6.07) is 0. The van der Waals surface area contributed by atoms with Crippen LogP contribution in [0, 0.1) is 0 Å². The van der Waals surface area contributed by atoms with E-state index in [-0.39, 0.29) is 0 Å². The average molecular weight is 281 g/mol. The standard InChI is InChI=1S/C20H40/c1-4-6-8-10-12-13-15-17-19-20(3)18-16-14-11-9-7-5-2/h3-19H2,1-2H3. The SMILES string of the molecule is C=C(CCCCCCCC)CCCCCCCCCC. The number of allylic oxidation sites excluding steroid dienone is 1. The van der Waals surface area contributed by atoms with Gasteiger partial charge in [0.25, 0.3) is 0 Å². The van der Waals surface area contributed by atoms with E-state index in [0.717, 1.165) is 0 Å². The molecule has 0 aliphatic carbocycles. The minimum absolute atomic E-state index is 1.28. The second-order valence-electron chi connectivity index (χ2n) is 6.49. The molecule has 0 heterocycles. The first-order chi connectivity index (χ1) is 9.81. The largest absolute Gasteiger partial charge is 0.0999 e. The van der Waals surface area contributed by atoms with Gasteiger partial charge in [-0.1, -0.05) is 103 Å². The highest BCUT2D eigenvalue weighted by Crippen LogP contribution is 2.17. The van der Waals surface area contributed by atoms with E-state index in [1.54, 1.807) is 0 Å². The van der Waals surface area contributed by atoms with E-state index in [1.807, 2.05) is 0 Å². The molecular weight excluding hydrogens is 240 g/mol. The van der Waals surface area contributed by atoms with Crippen molar-refractivity contribution in [3.63, 3.8) is 0 Å². The highest BCUT2D eigenvalue weighted by Gasteiger charge is 1.97. The molecule has 0 heteroatoms. The maximum atomic E-state index is 4.25. The van der Waals surface area contributed by atoms with Gasteiger partial charge in [0.15, 0.2) is 0 Å². The monoisotopic (exact) mass is 280 g/mol. The molecule has 20 heavy (non-hydrogen) atoms. The Morgan fingerprint density at radius 1 is 0.500 bits per heavy atom. The summed E-state index contributed by atoms with van der Waals surface area (Å²) in [7, 11) is 0. The van der Waals surface area contributed by atoms with Gasteiger partial charge in [-0.25, -0.2) is 0 Å². The second kappa shape index (κ2) is 16.8. The first kappa shape index (κ1) is 19.7. The first-order valence-corrected chi connectivity index (χ1v) is 9.47. The lowest BCUT2D eigenvalue weighted by molar-refractivity contribution is 0.567. The van der Waals surface area contributed by atoms with Crippen molar-refractivity contribution in [1.82, 2.24) is 0 Å². The molecule has 0 amide bonds. The Labute approximate surface area is 129 Å². The fourth-order valence-corrected chi connectivity index (χ4v) is 2.79. The van der Waals surface area contributed by atoms with Crippen molar-refractivity contribution in [2.45, 2.75) is 117 Å². The van der Waals surface area contributed by atoms with Gasteiger partial charge in [0.05, 0.1) is 0 Å².